The van der Waals surface area contributed by atoms with Crippen LogP contribution in [0.1, 0.15) is 32.1 Å². The highest BCUT2D eigenvalue weighted by Crippen LogP contribution is 2.27. The Morgan fingerprint density at radius 2 is 2.00 bits per heavy atom. The van der Waals surface area contributed by atoms with Crippen LogP contribution in [0.25, 0.3) is 11.2 Å². The predicted molar refractivity (Wildman–Crippen MR) is 67.0 cm³/mol. The minimum Gasteiger partial charge on any atom is -0.355 e. The number of hydrogen-bond acceptors (Lipinski definition) is 4. The fourth-order valence-electron chi connectivity index (χ4n) is 2.66. The molecule has 0 aliphatic heterocycles. The largest absolute Gasteiger partial charge is 0.355 e. The molecule has 1 aliphatic carbocycles. The minimum absolute atomic E-state index is 0.602. The zero-order valence-corrected chi connectivity index (χ0v) is 10.1. The van der Waals surface area contributed by atoms with Gasteiger partial charge in [-0.25, -0.2) is 15.0 Å². The summed E-state index contributed by atoms with van der Waals surface area (Å²) >= 11 is 0. The SMILES string of the molecule is CN(c1ncnc2nc[nH]c12)C1CCCCC1. The highest BCUT2D eigenvalue weighted by molar-refractivity contribution is 5.82. The third-order valence-corrected chi connectivity index (χ3v) is 3.66. The van der Waals surface area contributed by atoms with Crippen molar-refractivity contribution in [2.45, 2.75) is 38.1 Å². The minimum atomic E-state index is 0.602. The second-order valence-corrected chi connectivity index (χ2v) is 4.70. The Kier molecular flexibility index (Phi) is 2.66. The van der Waals surface area contributed by atoms with Crippen LogP contribution < -0.4 is 4.90 Å². The second-order valence-electron chi connectivity index (χ2n) is 4.70. The Hall–Kier alpha value is -1.65. The number of anilines is 1. The first-order valence-electron chi connectivity index (χ1n) is 6.23. The third kappa shape index (κ3) is 1.85. The molecular weight excluding hydrogens is 214 g/mol. The van der Waals surface area contributed by atoms with Gasteiger partial charge in [0.25, 0.3) is 0 Å². The fraction of sp³-hybridized carbons (Fsp3) is 0.583. The summed E-state index contributed by atoms with van der Waals surface area (Å²) in [5, 5.41) is 0. The zero-order valence-electron chi connectivity index (χ0n) is 10.1. The van der Waals surface area contributed by atoms with E-state index in [1.54, 1.807) is 12.7 Å². The number of nitrogens with one attached hydrogen (secondary N) is 1. The molecule has 2 aromatic rings. The van der Waals surface area contributed by atoms with Crippen molar-refractivity contribution in [3.63, 3.8) is 0 Å². The van der Waals surface area contributed by atoms with E-state index in [1.165, 1.54) is 32.1 Å². The lowest BCUT2D eigenvalue weighted by molar-refractivity contribution is 0.426. The first-order valence-corrected chi connectivity index (χ1v) is 6.23. The molecule has 0 bridgehead atoms. The van der Waals surface area contributed by atoms with Crippen LogP contribution in [0.5, 0.6) is 0 Å². The van der Waals surface area contributed by atoms with Crippen LogP contribution in [-0.2, 0) is 0 Å². The maximum atomic E-state index is 4.40. The number of hydrogen-bond donors (Lipinski definition) is 1. The molecule has 2 aromatic heterocycles. The first-order chi connectivity index (χ1) is 8.36. The van der Waals surface area contributed by atoms with Crippen LogP contribution in [0.15, 0.2) is 12.7 Å². The summed E-state index contributed by atoms with van der Waals surface area (Å²) in [7, 11) is 2.12. The van der Waals surface area contributed by atoms with Gasteiger partial charge in [-0.2, -0.15) is 0 Å². The van der Waals surface area contributed by atoms with Crippen molar-refractivity contribution in [2.24, 2.45) is 0 Å². The number of H-pyrrole nitrogens is 1. The van der Waals surface area contributed by atoms with Crippen LogP contribution >= 0.6 is 0 Å². The smallest absolute Gasteiger partial charge is 0.182 e. The third-order valence-electron chi connectivity index (χ3n) is 3.66. The number of aromatic nitrogens is 4. The molecule has 0 atom stereocenters. The summed E-state index contributed by atoms with van der Waals surface area (Å²) in [6.07, 6.45) is 9.81. The van der Waals surface area contributed by atoms with E-state index in [-0.39, 0.29) is 0 Å². The Balaban J connectivity index is 1.94. The van der Waals surface area contributed by atoms with Crippen LogP contribution in [0, 0.1) is 0 Å². The topological polar surface area (TPSA) is 57.7 Å². The number of imidazole rings is 1. The highest BCUT2D eigenvalue weighted by Gasteiger charge is 2.21. The standard InChI is InChI=1S/C12H17N5/c1-17(9-5-3-2-4-6-9)12-10-11(14-7-13-10)15-8-16-12/h7-9H,2-6H2,1H3,(H,13,14,15,16). The summed E-state index contributed by atoms with van der Waals surface area (Å²) in [5.74, 6) is 0.972. The van der Waals surface area contributed by atoms with Gasteiger partial charge in [-0.1, -0.05) is 19.3 Å². The quantitative estimate of drug-likeness (QED) is 0.860. The Morgan fingerprint density at radius 3 is 2.82 bits per heavy atom. The van der Waals surface area contributed by atoms with Crippen molar-refractivity contribution in [1.29, 1.82) is 0 Å². The molecule has 0 saturated heterocycles. The lowest BCUT2D eigenvalue weighted by atomic mass is 9.94. The number of fused-ring (bicyclic) bond motifs is 1. The van der Waals surface area contributed by atoms with E-state index in [4.69, 9.17) is 0 Å². The molecule has 1 N–H and O–H groups in total. The molecule has 2 heterocycles. The van der Waals surface area contributed by atoms with E-state index in [9.17, 15) is 0 Å². The second kappa shape index (κ2) is 4.31. The molecule has 3 rings (SSSR count). The van der Waals surface area contributed by atoms with Crippen LogP contribution in [-0.4, -0.2) is 33.0 Å². The molecule has 5 heteroatoms. The maximum absolute atomic E-state index is 4.40. The van der Waals surface area contributed by atoms with Gasteiger partial charge in [0.05, 0.1) is 6.33 Å². The van der Waals surface area contributed by atoms with Crippen molar-refractivity contribution >= 4 is 17.0 Å². The van der Waals surface area contributed by atoms with Crippen molar-refractivity contribution in [3.05, 3.63) is 12.7 Å². The van der Waals surface area contributed by atoms with Gasteiger partial charge in [-0.05, 0) is 12.8 Å². The van der Waals surface area contributed by atoms with Gasteiger partial charge >= 0.3 is 0 Å². The molecule has 90 valence electrons. The molecule has 1 fully saturated rings. The van der Waals surface area contributed by atoms with Crippen molar-refractivity contribution in [3.8, 4) is 0 Å². The van der Waals surface area contributed by atoms with E-state index in [1.807, 2.05) is 0 Å². The number of nitrogens with zero attached hydrogens (tertiary/aromatic N) is 4. The normalized spacial score (nSPS) is 17.5. The van der Waals surface area contributed by atoms with Crippen molar-refractivity contribution in [2.75, 3.05) is 11.9 Å². The molecule has 0 radical (unpaired) electrons. The summed E-state index contributed by atoms with van der Waals surface area (Å²) in [6, 6.07) is 0.602. The molecule has 17 heavy (non-hydrogen) atoms. The van der Waals surface area contributed by atoms with Gasteiger partial charge in [0.1, 0.15) is 11.8 Å². The first kappa shape index (κ1) is 10.5. The Morgan fingerprint density at radius 1 is 1.18 bits per heavy atom. The molecule has 1 saturated carbocycles. The molecule has 0 unspecified atom stereocenters. The fourth-order valence-corrected chi connectivity index (χ4v) is 2.66. The van der Waals surface area contributed by atoms with Crippen molar-refractivity contribution < 1.29 is 0 Å². The zero-order chi connectivity index (χ0) is 11.7. The van der Waals surface area contributed by atoms with E-state index >= 15 is 0 Å². The summed E-state index contributed by atoms with van der Waals surface area (Å²) in [6.45, 7) is 0. The van der Waals surface area contributed by atoms with Crippen LogP contribution in [0.4, 0.5) is 5.82 Å². The van der Waals surface area contributed by atoms with E-state index in [2.05, 4.69) is 31.9 Å². The van der Waals surface area contributed by atoms with Gasteiger partial charge in [0.2, 0.25) is 0 Å². The van der Waals surface area contributed by atoms with Gasteiger partial charge < -0.3 is 9.88 Å². The maximum Gasteiger partial charge on any atom is 0.182 e. The van der Waals surface area contributed by atoms with E-state index in [0.717, 1.165) is 17.0 Å². The summed E-state index contributed by atoms with van der Waals surface area (Å²) in [5.41, 5.74) is 1.69. The number of aromatic amines is 1. The average molecular weight is 231 g/mol. The molecule has 0 amide bonds. The van der Waals surface area contributed by atoms with Gasteiger partial charge in [0.15, 0.2) is 11.5 Å². The average Bonchev–Trinajstić information content (AvgIpc) is 2.87. The Labute approximate surface area is 100 Å². The van der Waals surface area contributed by atoms with Crippen LogP contribution in [0.2, 0.25) is 0 Å². The molecule has 0 spiro atoms. The molecular formula is C12H17N5. The van der Waals surface area contributed by atoms with Gasteiger partial charge in [0, 0.05) is 13.1 Å². The van der Waals surface area contributed by atoms with E-state index in [0.29, 0.717) is 6.04 Å². The summed E-state index contributed by atoms with van der Waals surface area (Å²) < 4.78 is 0. The lowest BCUT2D eigenvalue weighted by Gasteiger charge is -2.32. The van der Waals surface area contributed by atoms with Gasteiger partial charge in [-0.15, -0.1) is 0 Å². The predicted octanol–water partition coefficient (Wildman–Crippen LogP) is 2.12. The van der Waals surface area contributed by atoms with Gasteiger partial charge in [-0.3, -0.25) is 0 Å². The monoisotopic (exact) mass is 231 g/mol. The molecule has 1 aliphatic rings. The van der Waals surface area contributed by atoms with Crippen molar-refractivity contribution in [1.82, 2.24) is 19.9 Å². The lowest BCUT2D eigenvalue weighted by Crippen LogP contribution is -2.34. The molecule has 5 nitrogen and oxygen atoms in total. The van der Waals surface area contributed by atoms with E-state index < -0.39 is 0 Å². The number of rotatable bonds is 2. The highest BCUT2D eigenvalue weighted by atomic mass is 15.2. The summed E-state index contributed by atoms with van der Waals surface area (Å²) in [4.78, 5) is 18.1. The Bertz CT molecular complexity index is 500. The molecule has 0 aromatic carbocycles. The van der Waals surface area contributed by atoms with Crippen LogP contribution in [0.3, 0.4) is 0 Å².